The lowest BCUT2D eigenvalue weighted by atomic mass is 9.84. The molecule has 34 heavy (non-hydrogen) atoms. The van der Waals surface area contributed by atoms with Crippen LogP contribution in [0, 0.1) is 0 Å². The molecule has 0 saturated carbocycles. The summed E-state index contributed by atoms with van der Waals surface area (Å²) in [6.45, 7) is -1.79. The fourth-order valence-electron chi connectivity index (χ4n) is 4.26. The first-order valence-electron chi connectivity index (χ1n) is 10.8. The highest BCUT2D eigenvalue weighted by Gasteiger charge is 2.46. The number of nitrogens with one attached hydrogen (secondary N) is 3. The minimum absolute atomic E-state index is 0.264. The van der Waals surface area contributed by atoms with Crippen molar-refractivity contribution in [3.8, 4) is 5.75 Å². The minimum atomic E-state index is -4.50. The van der Waals surface area contributed by atoms with Crippen LogP contribution in [0.2, 0.25) is 0 Å². The molecule has 2 aromatic rings. The maximum atomic E-state index is 12.4. The van der Waals surface area contributed by atoms with Gasteiger partial charge in [0.05, 0.1) is 19.1 Å². The molecule has 3 amide bonds. The van der Waals surface area contributed by atoms with E-state index < -0.39 is 43.0 Å². The fourth-order valence-corrected chi connectivity index (χ4v) is 4.26. The Bertz CT molecular complexity index is 1030. The fraction of sp³-hybridized carbons (Fsp3) is 0.391. The highest BCUT2D eigenvalue weighted by atomic mass is 19.4. The first-order chi connectivity index (χ1) is 16.2. The lowest BCUT2D eigenvalue weighted by Gasteiger charge is -2.37. The zero-order valence-corrected chi connectivity index (χ0v) is 18.0. The van der Waals surface area contributed by atoms with Crippen molar-refractivity contribution in [3.63, 3.8) is 0 Å². The van der Waals surface area contributed by atoms with Gasteiger partial charge in [0.2, 0.25) is 5.91 Å². The molecule has 0 spiro atoms. The van der Waals surface area contributed by atoms with Gasteiger partial charge in [0.25, 0.3) is 0 Å². The van der Waals surface area contributed by atoms with Crippen molar-refractivity contribution in [2.24, 2.45) is 0 Å². The predicted octanol–water partition coefficient (Wildman–Crippen LogP) is 3.39. The molecule has 0 unspecified atom stereocenters. The Labute approximate surface area is 193 Å². The third-order valence-electron chi connectivity index (χ3n) is 5.69. The summed E-state index contributed by atoms with van der Waals surface area (Å²) < 4.78 is 48.8. The van der Waals surface area contributed by atoms with E-state index in [2.05, 4.69) is 10.6 Å². The Balaban J connectivity index is 1.43. The van der Waals surface area contributed by atoms with Crippen molar-refractivity contribution in [2.75, 3.05) is 23.8 Å². The number of ether oxygens (including phenoxy) is 2. The molecule has 4 N–H and O–H groups in total. The number of urea groups is 1. The van der Waals surface area contributed by atoms with Gasteiger partial charge < -0.3 is 30.5 Å². The van der Waals surface area contributed by atoms with E-state index in [4.69, 9.17) is 9.47 Å². The Morgan fingerprint density at radius 2 is 1.79 bits per heavy atom. The number of halogens is 3. The Hall–Kier alpha value is -3.31. The van der Waals surface area contributed by atoms with Gasteiger partial charge in [0, 0.05) is 22.9 Å². The summed E-state index contributed by atoms with van der Waals surface area (Å²) in [6.07, 6.45) is -6.42. The van der Waals surface area contributed by atoms with Gasteiger partial charge in [-0.2, -0.15) is 13.2 Å². The van der Waals surface area contributed by atoms with Gasteiger partial charge in [-0.3, -0.25) is 4.79 Å². The van der Waals surface area contributed by atoms with Crippen LogP contribution < -0.4 is 20.7 Å². The number of anilines is 2. The average Bonchev–Trinajstić information content (AvgIpc) is 3.15. The molecule has 2 aliphatic heterocycles. The monoisotopic (exact) mass is 479 g/mol. The quantitative estimate of drug-likeness (QED) is 0.508. The van der Waals surface area contributed by atoms with Crippen LogP contribution in [0.3, 0.4) is 0 Å². The van der Waals surface area contributed by atoms with Crippen molar-refractivity contribution in [2.45, 2.75) is 43.2 Å². The van der Waals surface area contributed by atoms with Crippen LogP contribution in [0.4, 0.5) is 29.3 Å². The average molecular weight is 479 g/mol. The molecule has 2 aromatic carbocycles. The molecule has 1 saturated heterocycles. The number of hydrogen-bond donors (Lipinski definition) is 4. The van der Waals surface area contributed by atoms with E-state index in [0.29, 0.717) is 23.5 Å². The lowest BCUT2D eigenvalue weighted by Crippen LogP contribution is -2.47. The summed E-state index contributed by atoms with van der Waals surface area (Å²) in [5, 5.41) is 17.1. The summed E-state index contributed by atoms with van der Waals surface area (Å²) in [6, 6.07) is 13.6. The maximum Gasteiger partial charge on any atom is 0.405 e. The lowest BCUT2D eigenvalue weighted by molar-refractivity contribution is -0.149. The molecule has 2 aliphatic rings. The Morgan fingerprint density at radius 1 is 1.06 bits per heavy atom. The number of rotatable bonds is 6. The summed E-state index contributed by atoms with van der Waals surface area (Å²) >= 11 is 0. The van der Waals surface area contributed by atoms with Crippen LogP contribution in [-0.2, 0) is 9.53 Å². The number of amides is 3. The smallest absolute Gasteiger partial charge is 0.405 e. The molecule has 0 radical (unpaired) electrons. The van der Waals surface area contributed by atoms with Crippen LogP contribution in [0.25, 0.3) is 0 Å². The number of alkyl halides is 3. The van der Waals surface area contributed by atoms with E-state index >= 15 is 0 Å². The third kappa shape index (κ3) is 5.78. The van der Waals surface area contributed by atoms with E-state index in [0.717, 1.165) is 5.56 Å². The number of aliphatic hydroxyl groups excluding tert-OH is 1. The summed E-state index contributed by atoms with van der Waals surface area (Å²) in [7, 11) is 0. The predicted molar refractivity (Wildman–Crippen MR) is 117 cm³/mol. The van der Waals surface area contributed by atoms with E-state index in [1.54, 1.807) is 42.5 Å². The van der Waals surface area contributed by atoms with E-state index in [9.17, 15) is 27.9 Å². The second kappa shape index (κ2) is 9.90. The van der Waals surface area contributed by atoms with Gasteiger partial charge in [0.1, 0.15) is 24.5 Å². The first kappa shape index (κ1) is 23.8. The topological polar surface area (TPSA) is 109 Å². The highest BCUT2D eigenvalue weighted by Crippen LogP contribution is 2.47. The summed E-state index contributed by atoms with van der Waals surface area (Å²) in [5.41, 5.74) is 1.92. The number of fused-ring (bicyclic) bond motifs is 3. The molecule has 11 heteroatoms. The number of aliphatic hydroxyl groups is 1. The third-order valence-corrected chi connectivity index (χ3v) is 5.69. The van der Waals surface area contributed by atoms with Crippen LogP contribution in [0.1, 0.15) is 24.3 Å². The van der Waals surface area contributed by atoms with Crippen LogP contribution in [0.15, 0.2) is 48.5 Å². The van der Waals surface area contributed by atoms with Crippen molar-refractivity contribution in [3.05, 3.63) is 54.1 Å². The number of para-hydroxylation sites is 1. The van der Waals surface area contributed by atoms with Crippen LogP contribution in [0.5, 0.6) is 5.75 Å². The highest BCUT2D eigenvalue weighted by molar-refractivity contribution is 5.99. The molecule has 8 nitrogen and oxygen atoms in total. The van der Waals surface area contributed by atoms with Crippen molar-refractivity contribution in [1.29, 1.82) is 0 Å². The van der Waals surface area contributed by atoms with E-state index in [-0.39, 0.29) is 18.9 Å². The van der Waals surface area contributed by atoms with E-state index in [1.165, 1.54) is 0 Å². The summed E-state index contributed by atoms with van der Waals surface area (Å²) in [4.78, 5) is 24.3. The van der Waals surface area contributed by atoms with Crippen LogP contribution in [-0.4, -0.2) is 54.7 Å². The molecule has 2 heterocycles. The standard InChI is InChI=1S/C23H24F3N3O5/c24-23(25,26)12-27-20(31)10-15-9-17-16-8-14(29-22(32)28-13-4-2-1-3-5-13)6-7-18(16)34-21(17)19(11-30)33-15/h1-8,15,17,19,21,30H,9-12H2,(H,27,31)(H2,28,29,32)/t15-,17-,19-,21+/m0/s1. The maximum absolute atomic E-state index is 12.4. The zero-order valence-electron chi connectivity index (χ0n) is 18.0. The molecule has 0 aliphatic carbocycles. The second-order valence-electron chi connectivity index (χ2n) is 8.20. The molecule has 4 rings (SSSR count). The number of benzene rings is 2. The zero-order chi connectivity index (χ0) is 24.3. The van der Waals surface area contributed by atoms with Crippen molar-refractivity contribution < 1.29 is 37.3 Å². The van der Waals surface area contributed by atoms with Gasteiger partial charge in [-0.15, -0.1) is 0 Å². The Kier molecular flexibility index (Phi) is 6.94. The minimum Gasteiger partial charge on any atom is -0.487 e. The largest absolute Gasteiger partial charge is 0.487 e. The molecular weight excluding hydrogens is 455 g/mol. The van der Waals surface area contributed by atoms with Crippen molar-refractivity contribution in [1.82, 2.24) is 5.32 Å². The molecule has 182 valence electrons. The van der Waals surface area contributed by atoms with Crippen molar-refractivity contribution >= 4 is 23.3 Å². The summed E-state index contributed by atoms with van der Waals surface area (Å²) in [5.74, 6) is -0.488. The number of carbonyl (C=O) groups excluding carboxylic acids is 2. The van der Waals surface area contributed by atoms with E-state index in [1.807, 2.05) is 11.4 Å². The molecule has 0 aromatic heterocycles. The SMILES string of the molecule is O=C(C[C@@H]1C[C@H]2c3cc(NC(=O)Nc4ccccc4)ccc3O[C@H]2[C@H](CO)O1)NCC(F)(F)F. The molecule has 4 atom stereocenters. The van der Waals surface area contributed by atoms with Gasteiger partial charge in [-0.25, -0.2) is 4.79 Å². The molecule has 1 fully saturated rings. The molecular formula is C23H24F3N3O5. The Morgan fingerprint density at radius 3 is 2.50 bits per heavy atom. The molecule has 0 bridgehead atoms. The van der Waals surface area contributed by atoms with Gasteiger partial charge in [0.15, 0.2) is 0 Å². The van der Waals surface area contributed by atoms with Gasteiger partial charge >= 0.3 is 12.2 Å². The normalized spacial score (nSPS) is 23.3. The van der Waals surface area contributed by atoms with Crippen LogP contribution >= 0.6 is 0 Å². The van der Waals surface area contributed by atoms with Gasteiger partial charge in [-0.1, -0.05) is 18.2 Å². The van der Waals surface area contributed by atoms with Gasteiger partial charge in [-0.05, 0) is 36.8 Å². The number of carbonyl (C=O) groups is 2. The first-order valence-corrected chi connectivity index (χ1v) is 10.8. The second-order valence-corrected chi connectivity index (χ2v) is 8.20. The number of hydrogen-bond acceptors (Lipinski definition) is 5.